The minimum absolute atomic E-state index is 0.0638. The minimum atomic E-state index is -0.271. The van der Waals surface area contributed by atoms with Crippen molar-refractivity contribution in [1.29, 1.82) is 0 Å². The van der Waals surface area contributed by atoms with E-state index < -0.39 is 0 Å². The number of anilines is 1. The first-order valence-electron chi connectivity index (χ1n) is 7.80. The Morgan fingerprint density at radius 1 is 1.24 bits per heavy atom. The SMILES string of the molecule is CCOC(CCn1ncc(N2CCCC2)cc1=O)OCC. The van der Waals surface area contributed by atoms with E-state index in [0.29, 0.717) is 26.2 Å². The van der Waals surface area contributed by atoms with E-state index in [9.17, 15) is 4.79 Å². The maximum Gasteiger partial charge on any atom is 0.268 e. The van der Waals surface area contributed by atoms with E-state index in [1.54, 1.807) is 12.3 Å². The summed E-state index contributed by atoms with van der Waals surface area (Å²) in [6.07, 6.45) is 4.51. The van der Waals surface area contributed by atoms with Crippen LogP contribution in [0.5, 0.6) is 0 Å². The molecular formula is C15H25N3O3. The van der Waals surface area contributed by atoms with Gasteiger partial charge in [-0.2, -0.15) is 5.10 Å². The molecule has 6 heteroatoms. The van der Waals surface area contributed by atoms with Crippen LogP contribution >= 0.6 is 0 Å². The lowest BCUT2D eigenvalue weighted by Crippen LogP contribution is -2.28. The summed E-state index contributed by atoms with van der Waals surface area (Å²) in [6, 6.07) is 1.68. The number of nitrogens with zero attached hydrogens (tertiary/aromatic N) is 3. The molecule has 2 rings (SSSR count). The number of hydrogen-bond acceptors (Lipinski definition) is 5. The molecule has 0 bridgehead atoms. The van der Waals surface area contributed by atoms with E-state index in [1.165, 1.54) is 17.5 Å². The number of aromatic nitrogens is 2. The van der Waals surface area contributed by atoms with Gasteiger partial charge in [-0.15, -0.1) is 0 Å². The molecule has 0 spiro atoms. The Labute approximate surface area is 125 Å². The Balaban J connectivity index is 1.95. The van der Waals surface area contributed by atoms with Gasteiger partial charge in [-0.1, -0.05) is 0 Å². The third-order valence-corrected chi connectivity index (χ3v) is 3.61. The van der Waals surface area contributed by atoms with Crippen molar-refractivity contribution in [3.63, 3.8) is 0 Å². The van der Waals surface area contributed by atoms with Crippen LogP contribution in [0.1, 0.15) is 33.1 Å². The van der Waals surface area contributed by atoms with Gasteiger partial charge in [0.05, 0.1) is 11.9 Å². The van der Waals surface area contributed by atoms with Gasteiger partial charge in [-0.25, -0.2) is 4.68 Å². The summed E-state index contributed by atoms with van der Waals surface area (Å²) in [5, 5.41) is 4.27. The summed E-state index contributed by atoms with van der Waals surface area (Å²) in [6.45, 7) is 7.60. The Kier molecular flexibility index (Phi) is 6.20. The highest BCUT2D eigenvalue weighted by Gasteiger charge is 2.14. The lowest BCUT2D eigenvalue weighted by atomic mass is 10.4. The molecule has 0 unspecified atom stereocenters. The fraction of sp³-hybridized carbons (Fsp3) is 0.733. The molecule has 1 saturated heterocycles. The lowest BCUT2D eigenvalue weighted by Gasteiger charge is -2.18. The molecule has 0 aromatic carbocycles. The second-order valence-corrected chi connectivity index (χ2v) is 5.10. The summed E-state index contributed by atoms with van der Waals surface area (Å²) < 4.78 is 12.4. The molecule has 1 aromatic heterocycles. The monoisotopic (exact) mass is 295 g/mol. The van der Waals surface area contributed by atoms with Crippen molar-refractivity contribution < 1.29 is 9.47 Å². The smallest absolute Gasteiger partial charge is 0.268 e. The Morgan fingerprint density at radius 3 is 2.48 bits per heavy atom. The predicted octanol–water partition coefficient (Wildman–Crippen LogP) is 1.63. The lowest BCUT2D eigenvalue weighted by molar-refractivity contribution is -0.141. The van der Waals surface area contributed by atoms with Gasteiger partial charge in [-0.3, -0.25) is 4.79 Å². The molecule has 0 aliphatic carbocycles. The van der Waals surface area contributed by atoms with Crippen LogP contribution in [-0.2, 0) is 16.0 Å². The van der Waals surface area contributed by atoms with Gasteiger partial charge in [0, 0.05) is 45.3 Å². The molecular weight excluding hydrogens is 270 g/mol. The number of ether oxygens (including phenoxy) is 2. The molecule has 0 amide bonds. The van der Waals surface area contributed by atoms with Crippen LogP contribution in [0.15, 0.2) is 17.1 Å². The highest BCUT2D eigenvalue weighted by atomic mass is 16.7. The predicted molar refractivity (Wildman–Crippen MR) is 81.6 cm³/mol. The molecule has 0 atom stereocenters. The molecule has 0 radical (unpaired) electrons. The third kappa shape index (κ3) is 4.54. The average molecular weight is 295 g/mol. The number of aryl methyl sites for hydroxylation is 1. The quantitative estimate of drug-likeness (QED) is 0.682. The van der Waals surface area contributed by atoms with Crippen molar-refractivity contribution in [2.45, 2.75) is 45.9 Å². The molecule has 1 aliphatic heterocycles. The van der Waals surface area contributed by atoms with Gasteiger partial charge >= 0.3 is 0 Å². The highest BCUT2D eigenvalue weighted by molar-refractivity contribution is 5.43. The van der Waals surface area contributed by atoms with E-state index in [2.05, 4.69) is 10.00 Å². The summed E-state index contributed by atoms with van der Waals surface area (Å²) in [4.78, 5) is 14.3. The van der Waals surface area contributed by atoms with Crippen LogP contribution in [0.2, 0.25) is 0 Å². The van der Waals surface area contributed by atoms with Gasteiger partial charge in [0.2, 0.25) is 0 Å². The van der Waals surface area contributed by atoms with Crippen molar-refractivity contribution in [2.75, 3.05) is 31.2 Å². The van der Waals surface area contributed by atoms with E-state index in [1.807, 2.05) is 13.8 Å². The van der Waals surface area contributed by atoms with Gasteiger partial charge < -0.3 is 14.4 Å². The first kappa shape index (κ1) is 16.0. The van der Waals surface area contributed by atoms with Crippen LogP contribution < -0.4 is 10.5 Å². The average Bonchev–Trinajstić information content (AvgIpc) is 3.00. The molecule has 1 aromatic rings. The molecule has 0 N–H and O–H groups in total. The van der Waals surface area contributed by atoms with Gasteiger partial charge in [0.1, 0.15) is 0 Å². The van der Waals surface area contributed by atoms with Crippen molar-refractivity contribution >= 4 is 5.69 Å². The molecule has 6 nitrogen and oxygen atoms in total. The van der Waals surface area contributed by atoms with E-state index in [4.69, 9.17) is 9.47 Å². The zero-order valence-electron chi connectivity index (χ0n) is 13.0. The van der Waals surface area contributed by atoms with Crippen LogP contribution in [0.3, 0.4) is 0 Å². The van der Waals surface area contributed by atoms with E-state index in [-0.39, 0.29) is 11.8 Å². The van der Waals surface area contributed by atoms with Crippen molar-refractivity contribution in [3.05, 3.63) is 22.6 Å². The maximum absolute atomic E-state index is 12.1. The number of hydrogen-bond donors (Lipinski definition) is 0. The van der Waals surface area contributed by atoms with Crippen molar-refractivity contribution in [3.8, 4) is 0 Å². The molecule has 1 aliphatic rings. The van der Waals surface area contributed by atoms with Gasteiger partial charge in [0.15, 0.2) is 6.29 Å². The molecule has 2 heterocycles. The Bertz CT molecular complexity index is 477. The maximum atomic E-state index is 12.1. The number of rotatable bonds is 8. The molecule has 1 fully saturated rings. The minimum Gasteiger partial charge on any atom is -0.370 e. The zero-order valence-corrected chi connectivity index (χ0v) is 13.0. The van der Waals surface area contributed by atoms with Crippen molar-refractivity contribution in [1.82, 2.24) is 9.78 Å². The first-order valence-corrected chi connectivity index (χ1v) is 7.80. The topological polar surface area (TPSA) is 56.6 Å². The molecule has 21 heavy (non-hydrogen) atoms. The van der Waals surface area contributed by atoms with Gasteiger partial charge in [0.25, 0.3) is 5.56 Å². The normalized spacial score (nSPS) is 15.1. The second kappa shape index (κ2) is 8.14. The molecule has 118 valence electrons. The largest absolute Gasteiger partial charge is 0.370 e. The Hall–Kier alpha value is -1.40. The van der Waals surface area contributed by atoms with Crippen molar-refractivity contribution in [2.24, 2.45) is 0 Å². The van der Waals surface area contributed by atoms with Crippen LogP contribution in [0, 0.1) is 0 Å². The fourth-order valence-corrected chi connectivity index (χ4v) is 2.55. The van der Waals surface area contributed by atoms with Crippen LogP contribution in [0.25, 0.3) is 0 Å². The first-order chi connectivity index (χ1) is 10.2. The second-order valence-electron chi connectivity index (χ2n) is 5.10. The van der Waals surface area contributed by atoms with Crippen LogP contribution in [-0.4, -0.2) is 42.4 Å². The summed E-state index contributed by atoms with van der Waals surface area (Å²) in [5.74, 6) is 0. The highest BCUT2D eigenvalue weighted by Crippen LogP contribution is 2.16. The third-order valence-electron chi connectivity index (χ3n) is 3.61. The van der Waals surface area contributed by atoms with Crippen LogP contribution in [0.4, 0.5) is 5.69 Å². The van der Waals surface area contributed by atoms with E-state index in [0.717, 1.165) is 18.8 Å². The Morgan fingerprint density at radius 2 is 1.90 bits per heavy atom. The summed E-state index contributed by atoms with van der Waals surface area (Å²) in [5.41, 5.74) is 0.867. The molecule has 0 saturated carbocycles. The van der Waals surface area contributed by atoms with E-state index >= 15 is 0 Å². The fourth-order valence-electron chi connectivity index (χ4n) is 2.55. The van der Waals surface area contributed by atoms with Gasteiger partial charge in [-0.05, 0) is 26.7 Å². The summed E-state index contributed by atoms with van der Waals surface area (Å²) >= 11 is 0. The standard InChI is InChI=1S/C15H25N3O3/c1-3-20-15(21-4-2)7-10-18-14(19)11-13(12-16-18)17-8-5-6-9-17/h11-12,15H,3-10H2,1-2H3. The summed E-state index contributed by atoms with van der Waals surface area (Å²) in [7, 11) is 0. The zero-order chi connectivity index (χ0) is 15.1.